The zero-order valence-electron chi connectivity index (χ0n) is 9.60. The Morgan fingerprint density at radius 2 is 1.56 bits per heavy atom. The number of anilines is 1. The van der Waals surface area contributed by atoms with E-state index in [0.717, 1.165) is 5.69 Å². The zero-order chi connectivity index (χ0) is 12.6. The van der Waals surface area contributed by atoms with Gasteiger partial charge in [-0.3, -0.25) is 4.79 Å². The van der Waals surface area contributed by atoms with Crippen LogP contribution in [0.1, 0.15) is 0 Å². The van der Waals surface area contributed by atoms with Crippen molar-refractivity contribution in [2.45, 2.75) is 0 Å². The van der Waals surface area contributed by atoms with Crippen LogP contribution < -0.4 is 10.5 Å². The number of carbonyl (C=O) groups excluding carboxylic acids is 1. The summed E-state index contributed by atoms with van der Waals surface area (Å²) in [4.78, 5) is 10.5. The highest BCUT2D eigenvalue weighted by Gasteiger charge is 2.02. The number of rotatable bonds is 5. The SMILES string of the molecule is O=CNN(N=Nc1ccccc1)c1ccccc1. The van der Waals surface area contributed by atoms with Crippen LogP contribution in [-0.2, 0) is 4.79 Å². The fourth-order valence-corrected chi connectivity index (χ4v) is 1.36. The predicted molar refractivity (Wildman–Crippen MR) is 69.1 cm³/mol. The van der Waals surface area contributed by atoms with Crippen LogP contribution in [0.5, 0.6) is 0 Å². The first-order chi connectivity index (χ1) is 8.90. The van der Waals surface area contributed by atoms with Gasteiger partial charge in [-0.1, -0.05) is 36.4 Å². The van der Waals surface area contributed by atoms with Gasteiger partial charge in [0, 0.05) is 0 Å². The quantitative estimate of drug-likeness (QED) is 0.496. The van der Waals surface area contributed by atoms with Gasteiger partial charge in [0.25, 0.3) is 0 Å². The van der Waals surface area contributed by atoms with Crippen molar-refractivity contribution in [1.29, 1.82) is 0 Å². The Labute approximate surface area is 105 Å². The maximum absolute atomic E-state index is 10.5. The van der Waals surface area contributed by atoms with Crippen LogP contribution in [0.25, 0.3) is 0 Å². The standard InChI is InChI=1S/C13H12N4O/c18-11-14-17(13-9-5-2-6-10-13)16-15-12-7-3-1-4-8-12/h1-11H,(H,14,18). The Morgan fingerprint density at radius 3 is 2.17 bits per heavy atom. The number of nitrogens with zero attached hydrogens (tertiary/aromatic N) is 3. The van der Waals surface area contributed by atoms with Crippen molar-refractivity contribution in [3.05, 3.63) is 60.7 Å². The highest BCUT2D eigenvalue weighted by atomic mass is 16.1. The molecule has 5 nitrogen and oxygen atoms in total. The minimum absolute atomic E-state index is 0.553. The van der Waals surface area contributed by atoms with Crippen LogP contribution >= 0.6 is 0 Å². The van der Waals surface area contributed by atoms with Gasteiger partial charge in [0.15, 0.2) is 0 Å². The smallest absolute Gasteiger partial charge is 0.227 e. The molecule has 2 rings (SSSR count). The molecule has 2 aromatic rings. The summed E-state index contributed by atoms with van der Waals surface area (Å²) in [7, 11) is 0. The summed E-state index contributed by atoms with van der Waals surface area (Å²) >= 11 is 0. The summed E-state index contributed by atoms with van der Waals surface area (Å²) in [5, 5.41) is 9.31. The lowest BCUT2D eigenvalue weighted by Crippen LogP contribution is -2.31. The van der Waals surface area contributed by atoms with Crippen molar-refractivity contribution in [1.82, 2.24) is 5.43 Å². The number of carbonyl (C=O) groups is 1. The fraction of sp³-hybridized carbons (Fsp3) is 0. The van der Waals surface area contributed by atoms with E-state index in [1.54, 1.807) is 0 Å². The molecule has 1 amide bonds. The predicted octanol–water partition coefficient (Wildman–Crippen LogP) is 2.85. The first kappa shape index (κ1) is 11.8. The summed E-state index contributed by atoms with van der Waals surface area (Å²) in [6, 6.07) is 18.5. The Bertz CT molecular complexity index is 513. The van der Waals surface area contributed by atoms with Crippen molar-refractivity contribution >= 4 is 17.8 Å². The Morgan fingerprint density at radius 1 is 0.944 bits per heavy atom. The van der Waals surface area contributed by atoms with Crippen LogP contribution in [0.2, 0.25) is 0 Å². The molecule has 90 valence electrons. The Balaban J connectivity index is 2.17. The van der Waals surface area contributed by atoms with Gasteiger partial charge in [-0.15, -0.1) is 5.11 Å². The molecule has 0 spiro atoms. The van der Waals surface area contributed by atoms with Gasteiger partial charge in [0.2, 0.25) is 6.41 Å². The van der Waals surface area contributed by atoms with E-state index in [1.807, 2.05) is 60.7 Å². The average molecular weight is 240 g/mol. The molecular formula is C13H12N4O. The topological polar surface area (TPSA) is 57.1 Å². The summed E-state index contributed by atoms with van der Waals surface area (Å²) < 4.78 is 0. The molecule has 0 saturated heterocycles. The van der Waals surface area contributed by atoms with Crippen LogP contribution in [0.3, 0.4) is 0 Å². The Hall–Kier alpha value is -2.69. The maximum Gasteiger partial charge on any atom is 0.227 e. The maximum atomic E-state index is 10.5. The molecule has 0 bridgehead atoms. The van der Waals surface area contributed by atoms with E-state index in [-0.39, 0.29) is 0 Å². The lowest BCUT2D eigenvalue weighted by atomic mass is 10.3. The third kappa shape index (κ3) is 3.15. The summed E-state index contributed by atoms with van der Waals surface area (Å²) in [6.45, 7) is 0. The number of nitrogens with one attached hydrogen (secondary N) is 1. The second-order valence-corrected chi connectivity index (χ2v) is 3.42. The van der Waals surface area contributed by atoms with E-state index in [9.17, 15) is 4.79 Å². The Kier molecular flexibility index (Phi) is 4.02. The number of amides is 1. The molecule has 0 aliphatic heterocycles. The second kappa shape index (κ2) is 6.15. The van der Waals surface area contributed by atoms with Gasteiger partial charge < -0.3 is 0 Å². The molecule has 18 heavy (non-hydrogen) atoms. The number of hydrogen-bond donors (Lipinski definition) is 1. The summed E-state index contributed by atoms with van der Waals surface area (Å²) in [5.74, 6) is 0. The van der Waals surface area contributed by atoms with Crippen molar-refractivity contribution in [2.75, 3.05) is 5.12 Å². The second-order valence-electron chi connectivity index (χ2n) is 3.42. The lowest BCUT2D eigenvalue weighted by molar-refractivity contribution is -0.109. The molecule has 0 atom stereocenters. The van der Waals surface area contributed by atoms with Gasteiger partial charge in [0.1, 0.15) is 0 Å². The van der Waals surface area contributed by atoms with E-state index >= 15 is 0 Å². The number of benzene rings is 2. The van der Waals surface area contributed by atoms with E-state index in [0.29, 0.717) is 12.1 Å². The van der Waals surface area contributed by atoms with Crippen LogP contribution in [-0.4, -0.2) is 6.41 Å². The molecular weight excluding hydrogens is 228 g/mol. The van der Waals surface area contributed by atoms with Gasteiger partial charge in [-0.2, -0.15) is 5.12 Å². The highest BCUT2D eigenvalue weighted by Crippen LogP contribution is 2.15. The van der Waals surface area contributed by atoms with Crippen molar-refractivity contribution in [2.24, 2.45) is 10.3 Å². The van der Waals surface area contributed by atoms with E-state index < -0.39 is 0 Å². The fourth-order valence-electron chi connectivity index (χ4n) is 1.36. The lowest BCUT2D eigenvalue weighted by Gasteiger charge is -2.14. The molecule has 0 fully saturated rings. The van der Waals surface area contributed by atoms with Crippen LogP contribution in [0, 0.1) is 0 Å². The van der Waals surface area contributed by atoms with Crippen LogP contribution in [0.4, 0.5) is 11.4 Å². The van der Waals surface area contributed by atoms with Crippen molar-refractivity contribution in [3.63, 3.8) is 0 Å². The van der Waals surface area contributed by atoms with Gasteiger partial charge in [-0.25, -0.2) is 5.43 Å². The minimum Gasteiger partial charge on any atom is -0.277 e. The third-order valence-corrected chi connectivity index (χ3v) is 2.18. The van der Waals surface area contributed by atoms with Gasteiger partial charge in [-0.05, 0) is 29.5 Å². The molecule has 1 N–H and O–H groups in total. The van der Waals surface area contributed by atoms with E-state index in [1.165, 1.54) is 5.12 Å². The number of hydrazine groups is 1. The molecule has 0 radical (unpaired) electrons. The summed E-state index contributed by atoms with van der Waals surface area (Å²) in [5.41, 5.74) is 3.90. The van der Waals surface area contributed by atoms with E-state index in [2.05, 4.69) is 15.8 Å². The molecule has 0 unspecified atom stereocenters. The average Bonchev–Trinajstić information content (AvgIpc) is 2.45. The van der Waals surface area contributed by atoms with Crippen molar-refractivity contribution < 1.29 is 4.79 Å². The van der Waals surface area contributed by atoms with Gasteiger partial charge in [0.05, 0.1) is 11.4 Å². The first-order valence-electron chi connectivity index (χ1n) is 5.42. The summed E-state index contributed by atoms with van der Waals surface area (Å²) in [6.07, 6.45) is 0.553. The first-order valence-corrected chi connectivity index (χ1v) is 5.42. The molecule has 5 heteroatoms. The largest absolute Gasteiger partial charge is 0.277 e. The molecule has 0 aliphatic carbocycles. The number of hydrogen-bond acceptors (Lipinski definition) is 3. The van der Waals surface area contributed by atoms with Gasteiger partial charge >= 0.3 is 0 Å². The monoisotopic (exact) mass is 240 g/mol. The normalized spacial score (nSPS) is 10.2. The van der Waals surface area contributed by atoms with Crippen molar-refractivity contribution in [3.8, 4) is 0 Å². The molecule has 0 aromatic heterocycles. The number of para-hydroxylation sites is 1. The zero-order valence-corrected chi connectivity index (χ0v) is 9.60. The molecule has 0 heterocycles. The molecule has 0 saturated carbocycles. The molecule has 2 aromatic carbocycles. The molecule has 0 aliphatic rings. The minimum atomic E-state index is 0.553. The third-order valence-electron chi connectivity index (χ3n) is 2.18. The highest BCUT2D eigenvalue weighted by molar-refractivity contribution is 5.54. The van der Waals surface area contributed by atoms with E-state index in [4.69, 9.17) is 0 Å². The van der Waals surface area contributed by atoms with Crippen LogP contribution in [0.15, 0.2) is 71.0 Å².